The SMILES string of the molecule is COC(=O)N1CCC[C@@H]1c1cc2c([S+](C)[O-])nc3c(F)c(-c4cccc(Cl)c4Cl)ncc3c2n1[C@@H]1[C@@H]2CC[C@H]1C2. The molecule has 1 amide bonds. The third-order valence-corrected chi connectivity index (χ3v) is 10.7. The van der Waals surface area contributed by atoms with Crippen molar-refractivity contribution in [1.29, 1.82) is 0 Å². The highest BCUT2D eigenvalue weighted by Crippen LogP contribution is 2.59. The van der Waals surface area contributed by atoms with Gasteiger partial charge in [0.15, 0.2) is 5.82 Å². The molecule has 8 rings (SSSR count). The molecule has 1 saturated heterocycles. The maximum Gasteiger partial charge on any atom is 0.410 e. The predicted molar refractivity (Wildman–Crippen MR) is 154 cm³/mol. The zero-order valence-corrected chi connectivity index (χ0v) is 24.3. The molecule has 0 N–H and O–H groups in total. The number of carbonyl (C=O) groups excluding carboxylic acids is 1. The summed E-state index contributed by atoms with van der Waals surface area (Å²) >= 11 is 11.1. The van der Waals surface area contributed by atoms with Crippen LogP contribution in [0.4, 0.5) is 9.18 Å². The van der Waals surface area contributed by atoms with Crippen LogP contribution in [0.25, 0.3) is 33.1 Å². The first-order valence-electron chi connectivity index (χ1n) is 13.5. The number of halogens is 3. The van der Waals surface area contributed by atoms with Crippen molar-refractivity contribution in [1.82, 2.24) is 19.4 Å². The quantitative estimate of drug-likeness (QED) is 0.229. The zero-order chi connectivity index (χ0) is 27.9. The molecule has 208 valence electrons. The molecular weight excluding hydrogens is 574 g/mol. The lowest BCUT2D eigenvalue weighted by atomic mass is 9.78. The van der Waals surface area contributed by atoms with Crippen LogP contribution in [0.2, 0.25) is 10.0 Å². The summed E-state index contributed by atoms with van der Waals surface area (Å²) in [7, 11) is 1.40. The van der Waals surface area contributed by atoms with Gasteiger partial charge in [-0.3, -0.25) is 9.88 Å². The Labute approximate surface area is 243 Å². The number of fused-ring (bicyclic) bond motifs is 4. The van der Waals surface area contributed by atoms with E-state index in [1.54, 1.807) is 35.6 Å². The van der Waals surface area contributed by atoms with Crippen molar-refractivity contribution in [3.63, 3.8) is 0 Å². The highest BCUT2D eigenvalue weighted by atomic mass is 35.5. The van der Waals surface area contributed by atoms with Gasteiger partial charge < -0.3 is 13.9 Å². The van der Waals surface area contributed by atoms with Gasteiger partial charge in [-0.15, -0.1) is 0 Å². The van der Waals surface area contributed by atoms with Gasteiger partial charge in [0, 0.05) is 46.6 Å². The normalized spacial score (nSPS) is 24.6. The van der Waals surface area contributed by atoms with E-state index in [2.05, 4.69) is 14.5 Å². The van der Waals surface area contributed by atoms with E-state index in [1.807, 2.05) is 6.07 Å². The first kappa shape index (κ1) is 26.3. The van der Waals surface area contributed by atoms with E-state index < -0.39 is 17.0 Å². The van der Waals surface area contributed by atoms with Gasteiger partial charge >= 0.3 is 6.09 Å². The standard InChI is InChI=1S/C29H27Cl2FN4O3S/c1-39-29(37)35-10-4-7-20(35)21-12-17-27(36(21)26-14-8-9-15(26)11-14)18-13-33-24(16-5-3-6-19(30)22(16)31)23(32)25(18)34-28(17)40(2)38/h3,5-6,12-15,20,26H,4,7-11H2,1-2H3/t14-,15+,20-,26-,40?/m1/s1. The minimum absolute atomic E-state index is 0.0365. The molecule has 4 aromatic rings. The number of aromatic nitrogens is 3. The molecule has 40 heavy (non-hydrogen) atoms. The second-order valence-corrected chi connectivity index (χ2v) is 13.1. The number of hydrogen-bond acceptors (Lipinski definition) is 5. The van der Waals surface area contributed by atoms with E-state index in [-0.39, 0.29) is 34.4 Å². The highest BCUT2D eigenvalue weighted by Gasteiger charge is 2.50. The molecule has 0 spiro atoms. The number of rotatable bonds is 4. The summed E-state index contributed by atoms with van der Waals surface area (Å²) in [5.41, 5.74) is 2.23. The summed E-state index contributed by atoms with van der Waals surface area (Å²) in [4.78, 5) is 23.7. The number of amides is 1. The fourth-order valence-electron chi connectivity index (χ4n) is 7.27. The minimum Gasteiger partial charge on any atom is -0.610 e. The molecule has 2 bridgehead atoms. The van der Waals surface area contributed by atoms with Gasteiger partial charge in [0.2, 0.25) is 0 Å². The van der Waals surface area contributed by atoms with Crippen LogP contribution in [0, 0.1) is 17.7 Å². The number of methoxy groups -OCH3 is 1. The smallest absolute Gasteiger partial charge is 0.410 e. The van der Waals surface area contributed by atoms with Gasteiger partial charge in [-0.05, 0) is 56.1 Å². The molecule has 4 fully saturated rings. The molecule has 0 radical (unpaired) electrons. The van der Waals surface area contributed by atoms with E-state index in [0.29, 0.717) is 44.8 Å². The van der Waals surface area contributed by atoms with Crippen molar-refractivity contribution in [3.8, 4) is 11.3 Å². The Kier molecular flexibility index (Phi) is 6.42. The number of carbonyl (C=O) groups is 1. The van der Waals surface area contributed by atoms with Gasteiger partial charge in [-0.2, -0.15) is 4.98 Å². The first-order valence-corrected chi connectivity index (χ1v) is 15.8. The number of nitrogens with zero attached hydrogens (tertiary/aromatic N) is 4. The van der Waals surface area contributed by atoms with E-state index in [1.165, 1.54) is 7.11 Å². The Morgan fingerprint density at radius 1 is 1.20 bits per heavy atom. The van der Waals surface area contributed by atoms with Gasteiger partial charge in [-0.1, -0.05) is 35.3 Å². The van der Waals surface area contributed by atoms with Gasteiger partial charge in [-0.25, -0.2) is 9.18 Å². The molecular formula is C29H27Cl2FN4O3S. The minimum atomic E-state index is -1.51. The van der Waals surface area contributed by atoms with Crippen LogP contribution in [0.3, 0.4) is 0 Å². The molecule has 4 heterocycles. The van der Waals surface area contributed by atoms with Gasteiger partial charge in [0.05, 0.1) is 34.1 Å². The average Bonchev–Trinajstić information content (AvgIpc) is 3.73. The molecule has 3 aliphatic carbocycles. The Morgan fingerprint density at radius 3 is 2.67 bits per heavy atom. The number of benzene rings is 1. The van der Waals surface area contributed by atoms with Crippen molar-refractivity contribution < 1.29 is 18.5 Å². The van der Waals surface area contributed by atoms with Gasteiger partial charge in [0.1, 0.15) is 17.5 Å². The number of ether oxygens (including phenoxy) is 1. The highest BCUT2D eigenvalue weighted by molar-refractivity contribution is 7.90. The summed E-state index contributed by atoms with van der Waals surface area (Å²) in [5, 5.41) is 2.07. The van der Waals surface area contributed by atoms with Crippen LogP contribution in [0.5, 0.6) is 0 Å². The summed E-state index contributed by atoms with van der Waals surface area (Å²) in [6, 6.07) is 7.03. The molecule has 5 atom stereocenters. The maximum atomic E-state index is 16.3. The number of hydrogen-bond donors (Lipinski definition) is 0. The monoisotopic (exact) mass is 600 g/mol. The van der Waals surface area contributed by atoms with Crippen LogP contribution in [-0.4, -0.2) is 50.0 Å². The van der Waals surface area contributed by atoms with Crippen molar-refractivity contribution in [2.45, 2.75) is 49.2 Å². The topological polar surface area (TPSA) is 83.3 Å². The summed E-state index contributed by atoms with van der Waals surface area (Å²) in [6.07, 6.45) is 7.90. The van der Waals surface area contributed by atoms with Crippen molar-refractivity contribution >= 4 is 62.3 Å². The van der Waals surface area contributed by atoms with E-state index in [0.717, 1.165) is 43.3 Å². The second kappa shape index (κ2) is 9.76. The Morgan fingerprint density at radius 2 is 1.98 bits per heavy atom. The Bertz CT molecular complexity index is 1680. The van der Waals surface area contributed by atoms with Crippen molar-refractivity contribution in [2.24, 2.45) is 11.8 Å². The Hall–Kier alpha value is -2.59. The Balaban J connectivity index is 1.53. The molecule has 1 aliphatic heterocycles. The van der Waals surface area contributed by atoms with E-state index >= 15 is 4.39 Å². The molecule has 1 aromatic carbocycles. The second-order valence-electron chi connectivity index (χ2n) is 11.0. The molecule has 7 nitrogen and oxygen atoms in total. The van der Waals surface area contributed by atoms with E-state index in [9.17, 15) is 9.35 Å². The van der Waals surface area contributed by atoms with Gasteiger partial charge in [0.25, 0.3) is 5.03 Å². The van der Waals surface area contributed by atoms with Crippen LogP contribution in [0.1, 0.15) is 49.9 Å². The largest absolute Gasteiger partial charge is 0.610 e. The summed E-state index contributed by atoms with van der Waals surface area (Å²) in [6.45, 7) is 0.599. The first-order chi connectivity index (χ1) is 19.3. The fourth-order valence-corrected chi connectivity index (χ4v) is 8.34. The lowest BCUT2D eigenvalue weighted by Gasteiger charge is -2.40. The lowest BCUT2D eigenvalue weighted by Crippen LogP contribution is -2.35. The number of likely N-dealkylation sites (tertiary alicyclic amines) is 1. The molecule has 11 heteroatoms. The molecule has 1 unspecified atom stereocenters. The zero-order valence-electron chi connectivity index (χ0n) is 22.0. The van der Waals surface area contributed by atoms with Crippen LogP contribution in [0.15, 0.2) is 35.5 Å². The van der Waals surface area contributed by atoms with Crippen molar-refractivity contribution in [2.75, 3.05) is 19.9 Å². The number of pyridine rings is 2. The molecule has 3 saturated carbocycles. The maximum absolute atomic E-state index is 16.3. The van der Waals surface area contributed by atoms with Crippen LogP contribution >= 0.6 is 23.2 Å². The molecule has 4 aliphatic rings. The van der Waals surface area contributed by atoms with Crippen molar-refractivity contribution in [3.05, 3.63) is 52.0 Å². The lowest BCUT2D eigenvalue weighted by molar-refractivity contribution is 0.113. The molecule has 3 aromatic heterocycles. The average molecular weight is 602 g/mol. The summed E-state index contributed by atoms with van der Waals surface area (Å²) < 4.78 is 36.9. The fraction of sp³-hybridized carbons (Fsp3) is 0.414. The van der Waals surface area contributed by atoms with E-state index in [4.69, 9.17) is 27.9 Å². The van der Waals surface area contributed by atoms with Crippen LogP contribution < -0.4 is 0 Å². The summed E-state index contributed by atoms with van der Waals surface area (Å²) in [5.74, 6) is 0.375. The third-order valence-electron chi connectivity index (χ3n) is 9.02. The van der Waals surface area contributed by atoms with Crippen LogP contribution in [-0.2, 0) is 15.9 Å². The third kappa shape index (κ3) is 3.77. The predicted octanol–water partition coefficient (Wildman–Crippen LogP) is 7.31.